The van der Waals surface area contributed by atoms with Crippen LogP contribution in [0.1, 0.15) is 11.1 Å². The van der Waals surface area contributed by atoms with Gasteiger partial charge in [0.25, 0.3) is 0 Å². The standard InChI is InChI=1S/C12H16F2N2/c1-9-6-11(13)10(12(14)7-9)8-16-4-2-15-3-5-16/h6-7,15H,2-5,8H2,1H3. The lowest BCUT2D eigenvalue weighted by Gasteiger charge is -2.27. The van der Waals surface area contributed by atoms with Crippen molar-refractivity contribution in [3.05, 3.63) is 34.9 Å². The summed E-state index contributed by atoms with van der Waals surface area (Å²) < 4.78 is 27.2. The molecule has 16 heavy (non-hydrogen) atoms. The molecule has 0 atom stereocenters. The highest BCUT2D eigenvalue weighted by atomic mass is 19.1. The maximum Gasteiger partial charge on any atom is 0.130 e. The Labute approximate surface area is 94.3 Å². The van der Waals surface area contributed by atoms with Gasteiger partial charge in [-0.05, 0) is 24.6 Å². The Morgan fingerprint density at radius 3 is 2.31 bits per heavy atom. The van der Waals surface area contributed by atoms with Gasteiger partial charge in [0.2, 0.25) is 0 Å². The molecule has 1 heterocycles. The molecule has 0 radical (unpaired) electrons. The van der Waals surface area contributed by atoms with E-state index in [1.54, 1.807) is 6.92 Å². The molecule has 0 unspecified atom stereocenters. The molecule has 1 aromatic carbocycles. The van der Waals surface area contributed by atoms with Gasteiger partial charge in [-0.15, -0.1) is 0 Å². The monoisotopic (exact) mass is 226 g/mol. The molecule has 1 aliphatic rings. The number of hydrogen-bond acceptors (Lipinski definition) is 2. The van der Waals surface area contributed by atoms with Crippen molar-refractivity contribution in [3.8, 4) is 0 Å². The van der Waals surface area contributed by atoms with E-state index >= 15 is 0 Å². The molecule has 2 rings (SSSR count). The molecule has 0 aromatic heterocycles. The van der Waals surface area contributed by atoms with Gasteiger partial charge >= 0.3 is 0 Å². The van der Waals surface area contributed by atoms with Crippen LogP contribution in [0.2, 0.25) is 0 Å². The first-order valence-electron chi connectivity index (χ1n) is 5.54. The molecule has 1 aliphatic heterocycles. The van der Waals surface area contributed by atoms with E-state index < -0.39 is 11.6 Å². The first kappa shape index (κ1) is 11.5. The number of rotatable bonds is 2. The lowest BCUT2D eigenvalue weighted by Crippen LogP contribution is -2.43. The largest absolute Gasteiger partial charge is 0.314 e. The van der Waals surface area contributed by atoms with Crippen LogP contribution in [-0.2, 0) is 6.54 Å². The van der Waals surface area contributed by atoms with Gasteiger partial charge in [0.05, 0.1) is 0 Å². The van der Waals surface area contributed by atoms with Crippen molar-refractivity contribution in [1.82, 2.24) is 10.2 Å². The summed E-state index contributed by atoms with van der Waals surface area (Å²) in [5.74, 6) is -0.868. The molecule has 0 bridgehead atoms. The van der Waals surface area contributed by atoms with Crippen molar-refractivity contribution in [2.75, 3.05) is 26.2 Å². The van der Waals surface area contributed by atoms with E-state index in [0.717, 1.165) is 26.2 Å². The smallest absolute Gasteiger partial charge is 0.130 e. The van der Waals surface area contributed by atoms with Crippen LogP contribution in [0.25, 0.3) is 0 Å². The van der Waals surface area contributed by atoms with E-state index in [1.807, 2.05) is 0 Å². The minimum Gasteiger partial charge on any atom is -0.314 e. The normalized spacial score (nSPS) is 17.7. The maximum atomic E-state index is 13.6. The lowest BCUT2D eigenvalue weighted by atomic mass is 10.1. The summed E-state index contributed by atoms with van der Waals surface area (Å²) in [6, 6.07) is 2.78. The maximum absolute atomic E-state index is 13.6. The van der Waals surface area contributed by atoms with E-state index in [-0.39, 0.29) is 5.56 Å². The van der Waals surface area contributed by atoms with Gasteiger partial charge < -0.3 is 5.32 Å². The molecule has 88 valence electrons. The van der Waals surface area contributed by atoms with Gasteiger partial charge in [-0.1, -0.05) is 0 Å². The van der Waals surface area contributed by atoms with Crippen LogP contribution in [0, 0.1) is 18.6 Å². The zero-order valence-electron chi connectivity index (χ0n) is 9.39. The Kier molecular flexibility index (Phi) is 3.51. The predicted molar refractivity (Wildman–Crippen MR) is 59.2 cm³/mol. The Morgan fingerprint density at radius 1 is 1.19 bits per heavy atom. The highest BCUT2D eigenvalue weighted by molar-refractivity contribution is 5.25. The number of piperazine rings is 1. The van der Waals surface area contributed by atoms with Crippen LogP contribution >= 0.6 is 0 Å². The molecule has 1 saturated heterocycles. The Balaban J connectivity index is 2.14. The third-order valence-corrected chi connectivity index (χ3v) is 2.88. The first-order valence-corrected chi connectivity index (χ1v) is 5.54. The fraction of sp³-hybridized carbons (Fsp3) is 0.500. The van der Waals surface area contributed by atoms with E-state index in [2.05, 4.69) is 10.2 Å². The van der Waals surface area contributed by atoms with Crippen molar-refractivity contribution in [2.24, 2.45) is 0 Å². The molecule has 4 heteroatoms. The molecule has 0 amide bonds. The van der Waals surface area contributed by atoms with Crippen LogP contribution < -0.4 is 5.32 Å². The Hall–Kier alpha value is -1.00. The third-order valence-electron chi connectivity index (χ3n) is 2.88. The van der Waals surface area contributed by atoms with E-state index in [4.69, 9.17) is 0 Å². The van der Waals surface area contributed by atoms with Gasteiger partial charge in [0.1, 0.15) is 11.6 Å². The van der Waals surface area contributed by atoms with Gasteiger partial charge in [-0.3, -0.25) is 4.90 Å². The quantitative estimate of drug-likeness (QED) is 0.825. The fourth-order valence-corrected chi connectivity index (χ4v) is 1.97. The Morgan fingerprint density at radius 2 is 1.75 bits per heavy atom. The number of nitrogens with one attached hydrogen (secondary N) is 1. The van der Waals surface area contributed by atoms with Crippen molar-refractivity contribution in [2.45, 2.75) is 13.5 Å². The van der Waals surface area contributed by atoms with Crippen LogP contribution in [0.4, 0.5) is 8.78 Å². The summed E-state index contributed by atoms with van der Waals surface area (Å²) in [5.41, 5.74) is 0.812. The van der Waals surface area contributed by atoms with Crippen LogP contribution in [-0.4, -0.2) is 31.1 Å². The molecule has 1 fully saturated rings. The predicted octanol–water partition coefficient (Wildman–Crippen LogP) is 1.68. The zero-order valence-corrected chi connectivity index (χ0v) is 9.39. The number of aryl methyl sites for hydroxylation is 1. The average molecular weight is 226 g/mol. The molecule has 0 aliphatic carbocycles. The summed E-state index contributed by atoms with van der Waals surface area (Å²) in [5, 5.41) is 3.21. The van der Waals surface area contributed by atoms with Gasteiger partial charge in [0, 0.05) is 38.3 Å². The minimum atomic E-state index is -0.434. The van der Waals surface area contributed by atoms with Gasteiger partial charge in [-0.25, -0.2) is 8.78 Å². The van der Waals surface area contributed by atoms with Crippen molar-refractivity contribution in [1.29, 1.82) is 0 Å². The zero-order chi connectivity index (χ0) is 11.5. The van der Waals surface area contributed by atoms with Gasteiger partial charge in [-0.2, -0.15) is 0 Å². The molecule has 1 aromatic rings. The molecular formula is C12H16F2N2. The van der Waals surface area contributed by atoms with Crippen molar-refractivity contribution < 1.29 is 8.78 Å². The van der Waals surface area contributed by atoms with E-state index in [1.165, 1.54) is 12.1 Å². The second-order valence-electron chi connectivity index (χ2n) is 4.23. The highest BCUT2D eigenvalue weighted by Crippen LogP contribution is 2.17. The summed E-state index contributed by atoms with van der Waals surface area (Å²) in [7, 11) is 0. The lowest BCUT2D eigenvalue weighted by molar-refractivity contribution is 0.227. The molecule has 2 nitrogen and oxygen atoms in total. The van der Waals surface area contributed by atoms with Crippen LogP contribution in [0.3, 0.4) is 0 Å². The van der Waals surface area contributed by atoms with Crippen molar-refractivity contribution in [3.63, 3.8) is 0 Å². The molecule has 0 spiro atoms. The first-order chi connectivity index (χ1) is 7.66. The van der Waals surface area contributed by atoms with E-state index in [9.17, 15) is 8.78 Å². The minimum absolute atomic E-state index is 0.188. The number of halogens is 2. The molecular weight excluding hydrogens is 210 g/mol. The average Bonchev–Trinajstić information content (AvgIpc) is 2.25. The van der Waals surface area contributed by atoms with Crippen LogP contribution in [0.15, 0.2) is 12.1 Å². The van der Waals surface area contributed by atoms with Gasteiger partial charge in [0.15, 0.2) is 0 Å². The third kappa shape index (κ3) is 2.57. The fourth-order valence-electron chi connectivity index (χ4n) is 1.97. The number of nitrogens with zero attached hydrogens (tertiary/aromatic N) is 1. The molecule has 0 saturated carbocycles. The van der Waals surface area contributed by atoms with E-state index in [0.29, 0.717) is 12.1 Å². The van der Waals surface area contributed by atoms with Crippen LogP contribution in [0.5, 0.6) is 0 Å². The summed E-state index contributed by atoms with van der Waals surface area (Å²) >= 11 is 0. The highest BCUT2D eigenvalue weighted by Gasteiger charge is 2.15. The second-order valence-corrected chi connectivity index (χ2v) is 4.23. The summed E-state index contributed by atoms with van der Waals surface area (Å²) in [6.07, 6.45) is 0. The number of hydrogen-bond donors (Lipinski definition) is 1. The summed E-state index contributed by atoms with van der Waals surface area (Å²) in [6.45, 7) is 5.50. The summed E-state index contributed by atoms with van der Waals surface area (Å²) in [4.78, 5) is 2.06. The SMILES string of the molecule is Cc1cc(F)c(CN2CCNCC2)c(F)c1. The number of benzene rings is 1. The topological polar surface area (TPSA) is 15.3 Å². The second kappa shape index (κ2) is 4.89. The van der Waals surface area contributed by atoms with Crippen molar-refractivity contribution >= 4 is 0 Å². The Bertz CT molecular complexity index is 350. The molecule has 1 N–H and O–H groups in total.